The Morgan fingerprint density at radius 3 is 1.60 bits per heavy atom. The average Bonchev–Trinajstić information content (AvgIpc) is 1.65. The molecule has 56 valence electrons. The van der Waals surface area contributed by atoms with E-state index in [1.807, 2.05) is 0 Å². The fourth-order valence-electron chi connectivity index (χ4n) is 0. The molecule has 2 N–H and O–H groups in total. The van der Waals surface area contributed by atoms with Crippen molar-refractivity contribution in [2.75, 3.05) is 14.1 Å². The van der Waals surface area contributed by atoms with E-state index in [2.05, 4.69) is 0 Å². The van der Waals surface area contributed by atoms with Crippen LogP contribution >= 0.6 is 0 Å². The molecule has 0 aromatic carbocycles. The molecule has 0 unspecified atom stereocenters. The Morgan fingerprint density at radius 2 is 1.60 bits per heavy atom. The van der Waals surface area contributed by atoms with Crippen molar-refractivity contribution in [2.24, 2.45) is 0 Å². The summed E-state index contributed by atoms with van der Waals surface area (Å²) in [6, 6.07) is 0. The van der Waals surface area contributed by atoms with Crippen LogP contribution in [0.15, 0.2) is 0 Å². The van der Waals surface area contributed by atoms with E-state index in [1.54, 1.807) is 14.1 Å². The summed E-state index contributed by atoms with van der Waals surface area (Å²) >= 11 is 0. The van der Waals surface area contributed by atoms with Crippen LogP contribution in [0.5, 0.6) is 0 Å². The number of carboxylic acid groups (broad SMARTS) is 2. The predicted molar refractivity (Wildman–Crippen MR) is 31.5 cm³/mol. The fraction of sp³-hybridized carbons (Fsp3) is 0.500. The van der Waals surface area contributed by atoms with Gasteiger partial charge in [0.2, 0.25) is 6.41 Å². The van der Waals surface area contributed by atoms with Gasteiger partial charge in [-0.05, 0) is 0 Å². The van der Waals surface area contributed by atoms with Gasteiger partial charge in [-0.2, -0.15) is 0 Å². The van der Waals surface area contributed by atoms with E-state index in [9.17, 15) is 4.79 Å². The number of nitrogens with zero attached hydrogens (tertiary/aromatic N) is 1. The van der Waals surface area contributed by atoms with Crippen LogP contribution in [0.25, 0.3) is 0 Å². The number of carbonyl (C=O) groups excluding carboxylic acids is 1. The number of hydrogen-bond donors (Lipinski definition) is 2. The summed E-state index contributed by atoms with van der Waals surface area (Å²) in [6.45, 7) is 0. The van der Waals surface area contributed by atoms with Gasteiger partial charge in [-0.1, -0.05) is 0 Å². The van der Waals surface area contributed by atoms with Gasteiger partial charge in [-0.3, -0.25) is 4.79 Å². The van der Waals surface area contributed by atoms with E-state index in [4.69, 9.17) is 15.0 Å². The maximum atomic E-state index is 9.43. The Hall–Kier alpha value is 0.792. The van der Waals surface area contributed by atoms with Crippen molar-refractivity contribution in [2.45, 2.75) is 0 Å². The topological polar surface area (TPSA) is 77.8 Å². The van der Waals surface area contributed by atoms with Crippen molar-refractivity contribution in [3.63, 3.8) is 0 Å². The molecule has 0 aromatic rings. The molecule has 1 amide bonds. The standard InChI is InChI=1S/C3H7NO.CH2O3.Cs.H/c1-4(2)3-5;2-1(3)4;;/h3H,1-2H3;(H2,2,3,4);;/q;;+1;-1. The molecule has 6 heteroatoms. The van der Waals surface area contributed by atoms with Crippen LogP contribution in [-0.4, -0.2) is 41.8 Å². The van der Waals surface area contributed by atoms with Crippen LogP contribution in [0.3, 0.4) is 0 Å². The molecule has 0 aliphatic carbocycles. The first kappa shape index (κ1) is 17.0. The largest absolute Gasteiger partial charge is 1.00 e. The molecule has 5 nitrogen and oxygen atoms in total. The molecule has 0 aliphatic heterocycles. The molecule has 10 heavy (non-hydrogen) atoms. The van der Waals surface area contributed by atoms with Crippen LogP contribution < -0.4 is 68.9 Å². The molecule has 0 heterocycles. The maximum Gasteiger partial charge on any atom is 1.00 e. The van der Waals surface area contributed by atoms with Gasteiger partial charge in [0.15, 0.2) is 0 Å². The second-order valence-electron chi connectivity index (χ2n) is 1.35. The molecule has 0 bridgehead atoms. The van der Waals surface area contributed by atoms with Gasteiger partial charge in [0, 0.05) is 14.1 Å². The average molecular weight is 269 g/mol. The van der Waals surface area contributed by atoms with Crippen LogP contribution in [-0.2, 0) is 4.79 Å². The van der Waals surface area contributed by atoms with Crippen molar-refractivity contribution in [3.8, 4) is 0 Å². The minimum atomic E-state index is -1.83. The first-order valence-corrected chi connectivity index (χ1v) is 2.04. The monoisotopic (exact) mass is 269 g/mol. The fourth-order valence-corrected chi connectivity index (χ4v) is 0. The first-order chi connectivity index (χ1) is 4.00. The Balaban J connectivity index is -0.0000000383. The summed E-state index contributed by atoms with van der Waals surface area (Å²) in [6.07, 6.45) is -1.08. The number of amides is 1. The molecule has 0 spiro atoms. The van der Waals surface area contributed by atoms with Gasteiger partial charge in [-0.25, -0.2) is 4.79 Å². The number of hydrogen-bond acceptors (Lipinski definition) is 2. The molecule has 0 rings (SSSR count). The normalized spacial score (nSPS) is 5.80. The molecule has 0 fully saturated rings. The zero-order chi connectivity index (χ0) is 7.86. The van der Waals surface area contributed by atoms with E-state index < -0.39 is 6.16 Å². The van der Waals surface area contributed by atoms with Gasteiger partial charge < -0.3 is 16.5 Å². The minimum absolute atomic E-state index is 0. The summed E-state index contributed by atoms with van der Waals surface area (Å²) in [5.74, 6) is 0. The summed E-state index contributed by atoms with van der Waals surface area (Å²) in [5, 5.41) is 13.9. The minimum Gasteiger partial charge on any atom is -1.00 e. The summed E-state index contributed by atoms with van der Waals surface area (Å²) in [5.41, 5.74) is 0. The predicted octanol–water partition coefficient (Wildman–Crippen LogP) is -2.96. The van der Waals surface area contributed by atoms with E-state index in [-0.39, 0.29) is 70.3 Å². The molecular formula is C4H10CsNO4. The Kier molecular flexibility index (Phi) is 21.2. The van der Waals surface area contributed by atoms with Crippen molar-refractivity contribution >= 4 is 12.6 Å². The molecule has 0 aliphatic rings. The van der Waals surface area contributed by atoms with E-state index in [0.717, 1.165) is 6.41 Å². The smallest absolute Gasteiger partial charge is 1.00 e. The third-order valence-corrected chi connectivity index (χ3v) is 0.211. The quantitative estimate of drug-likeness (QED) is 0.499. The van der Waals surface area contributed by atoms with Crippen molar-refractivity contribution < 1.29 is 90.1 Å². The van der Waals surface area contributed by atoms with E-state index >= 15 is 0 Å². The van der Waals surface area contributed by atoms with Crippen molar-refractivity contribution in [3.05, 3.63) is 0 Å². The Morgan fingerprint density at radius 1 is 1.50 bits per heavy atom. The molecule has 0 aromatic heterocycles. The molecule has 0 saturated heterocycles. The maximum absolute atomic E-state index is 9.43. The van der Waals surface area contributed by atoms with Crippen LogP contribution in [0.1, 0.15) is 1.43 Å². The second kappa shape index (κ2) is 12.5. The zero-order valence-corrected chi connectivity index (χ0v) is 12.5. The van der Waals surface area contributed by atoms with Gasteiger partial charge in [0.25, 0.3) is 0 Å². The molecular weight excluding hydrogens is 259 g/mol. The van der Waals surface area contributed by atoms with Gasteiger partial charge >= 0.3 is 75.0 Å². The summed E-state index contributed by atoms with van der Waals surface area (Å²) in [7, 11) is 3.38. The van der Waals surface area contributed by atoms with Crippen molar-refractivity contribution in [1.29, 1.82) is 0 Å². The third-order valence-electron chi connectivity index (χ3n) is 0.211. The van der Waals surface area contributed by atoms with Crippen LogP contribution in [0.2, 0.25) is 0 Å². The van der Waals surface area contributed by atoms with Gasteiger partial charge in [-0.15, -0.1) is 0 Å². The molecule has 0 radical (unpaired) electrons. The Labute approximate surface area is 119 Å². The number of carbonyl (C=O) groups is 2. The summed E-state index contributed by atoms with van der Waals surface area (Å²) in [4.78, 5) is 19.4. The molecule has 0 saturated carbocycles. The van der Waals surface area contributed by atoms with Gasteiger partial charge in [0.1, 0.15) is 0 Å². The third kappa shape index (κ3) is 68.5. The summed E-state index contributed by atoms with van der Waals surface area (Å²) < 4.78 is 0. The molecule has 0 atom stereocenters. The van der Waals surface area contributed by atoms with Crippen LogP contribution in [0, 0.1) is 0 Å². The van der Waals surface area contributed by atoms with E-state index in [1.165, 1.54) is 4.90 Å². The van der Waals surface area contributed by atoms with Gasteiger partial charge in [0.05, 0.1) is 0 Å². The number of rotatable bonds is 1. The zero-order valence-electron chi connectivity index (χ0n) is 7.24. The second-order valence-corrected chi connectivity index (χ2v) is 1.35. The van der Waals surface area contributed by atoms with E-state index in [0.29, 0.717) is 0 Å². The first-order valence-electron chi connectivity index (χ1n) is 2.04. The van der Waals surface area contributed by atoms with Crippen LogP contribution in [0.4, 0.5) is 4.79 Å². The SMILES string of the molecule is CN(C)C=O.O=C(O)O.[Cs+].[H-]. The Bertz CT molecular complexity index is 96.1. The van der Waals surface area contributed by atoms with Crippen molar-refractivity contribution in [1.82, 2.24) is 4.90 Å².